The molecule has 0 aromatic carbocycles. The Labute approximate surface area is 375 Å². The second-order valence-corrected chi connectivity index (χ2v) is 10.4. The van der Waals surface area contributed by atoms with Crippen LogP contribution in [0.2, 0.25) is 0 Å². The van der Waals surface area contributed by atoms with E-state index in [0.717, 1.165) is 26.2 Å². The average Bonchev–Trinajstić information content (AvgIpc) is 4.24. The number of hydrogen-bond donors (Lipinski definition) is 6. The molecule has 344 valence electrons. The van der Waals surface area contributed by atoms with Crippen molar-refractivity contribution in [2.45, 2.75) is 83.1 Å². The van der Waals surface area contributed by atoms with E-state index in [1.807, 2.05) is 83.1 Å². The van der Waals surface area contributed by atoms with Crippen LogP contribution in [0.25, 0.3) is 23.8 Å². The first-order valence-electron chi connectivity index (χ1n) is 21.4. The number of aromatic nitrogens is 20. The highest BCUT2D eigenvalue weighted by molar-refractivity contribution is 5.23. The summed E-state index contributed by atoms with van der Waals surface area (Å²) >= 11 is 0. The van der Waals surface area contributed by atoms with Gasteiger partial charge in [0.2, 0.25) is 11.9 Å². The fourth-order valence-electron chi connectivity index (χ4n) is 4.23. The summed E-state index contributed by atoms with van der Waals surface area (Å²) in [6.07, 6.45) is 19.7. The average molecular weight is 883 g/mol. The first kappa shape index (κ1) is 54.1. The van der Waals surface area contributed by atoms with Crippen LogP contribution < -0.4 is 30.6 Å². The highest BCUT2D eigenvalue weighted by atomic mass is 15.5. The van der Waals surface area contributed by atoms with Crippen molar-refractivity contribution in [1.82, 2.24) is 89.6 Å². The maximum absolute atomic E-state index is 4.14. The summed E-state index contributed by atoms with van der Waals surface area (Å²) < 4.78 is 6.42. The zero-order chi connectivity index (χ0) is 47.2. The molecule has 8 heterocycles. The first-order valence-corrected chi connectivity index (χ1v) is 21.4. The maximum atomic E-state index is 4.14. The molecule has 8 aromatic heterocycles. The molecule has 0 amide bonds. The van der Waals surface area contributed by atoms with Gasteiger partial charge in [-0.05, 0) is 52.0 Å². The summed E-state index contributed by atoms with van der Waals surface area (Å²) in [6, 6.07) is 7.05. The van der Waals surface area contributed by atoms with E-state index in [1.165, 1.54) is 9.36 Å². The van der Waals surface area contributed by atoms with Crippen LogP contribution in [-0.4, -0.2) is 116 Å². The summed E-state index contributed by atoms with van der Waals surface area (Å²) in [5.74, 6) is 4.76. The lowest BCUT2D eigenvalue weighted by Gasteiger charge is -1.96. The Bertz CT molecular complexity index is 2070. The minimum Gasteiger partial charge on any atom is -0.353 e. The molecule has 0 aliphatic heterocycles. The van der Waals surface area contributed by atoms with Crippen molar-refractivity contribution in [1.29, 1.82) is 0 Å². The van der Waals surface area contributed by atoms with Crippen molar-refractivity contribution in [3.05, 3.63) is 99.1 Å². The number of rotatable bonds is 12. The van der Waals surface area contributed by atoms with Crippen LogP contribution in [0, 0.1) is 0 Å². The second-order valence-electron chi connectivity index (χ2n) is 10.4. The normalized spacial score (nSPS) is 9.19. The van der Waals surface area contributed by atoms with Crippen molar-refractivity contribution in [2.75, 3.05) is 47.4 Å². The van der Waals surface area contributed by atoms with Crippen molar-refractivity contribution in [3.8, 4) is 23.8 Å². The van der Waals surface area contributed by atoms with Gasteiger partial charge in [0.05, 0.1) is 24.8 Å². The molecule has 64 heavy (non-hydrogen) atoms. The summed E-state index contributed by atoms with van der Waals surface area (Å²) in [7, 11) is 0. The lowest BCUT2D eigenvalue weighted by atomic mass is 10.7. The lowest BCUT2D eigenvalue weighted by molar-refractivity contribution is -0.650. The molecular formula is C40H66N24+2. The van der Waals surface area contributed by atoms with Crippen molar-refractivity contribution in [3.63, 3.8) is 0 Å². The Kier molecular flexibility index (Phi) is 29.4. The SMILES string of the molecule is CC.CC.CC.CC.CCNc1nc[nH][n+]1-c1ncccn1.CCNc1nc[nH][n+]1-c1ncccn1.CCNc1ncn(-c2ncccn2)n1.CCNc1ncn(-c2ncccn2)n1. The molecule has 0 spiro atoms. The van der Waals surface area contributed by atoms with Crippen molar-refractivity contribution < 1.29 is 9.36 Å². The Balaban J connectivity index is 0.000000405. The minimum absolute atomic E-state index is 0.518. The van der Waals surface area contributed by atoms with Gasteiger partial charge in [-0.25, -0.2) is 30.1 Å². The largest absolute Gasteiger partial charge is 0.377 e. The van der Waals surface area contributed by atoms with E-state index in [-0.39, 0.29) is 0 Å². The zero-order valence-corrected chi connectivity index (χ0v) is 39.1. The van der Waals surface area contributed by atoms with E-state index in [1.54, 1.807) is 109 Å². The van der Waals surface area contributed by atoms with Gasteiger partial charge in [0.15, 0.2) is 12.7 Å². The topological polar surface area (TPSA) is 278 Å². The molecule has 0 saturated heterocycles. The molecule has 24 heteroatoms. The Morgan fingerprint density at radius 2 is 0.703 bits per heavy atom. The van der Waals surface area contributed by atoms with Gasteiger partial charge in [-0.3, -0.25) is 0 Å². The molecule has 0 unspecified atom stereocenters. The van der Waals surface area contributed by atoms with Gasteiger partial charge in [-0.15, -0.1) is 49.5 Å². The lowest BCUT2D eigenvalue weighted by Crippen LogP contribution is -2.38. The van der Waals surface area contributed by atoms with Gasteiger partial charge in [0.1, 0.15) is 12.7 Å². The Hall–Kier alpha value is -7.92. The summed E-state index contributed by atoms with van der Waals surface area (Å²) in [5.41, 5.74) is 0. The zero-order valence-electron chi connectivity index (χ0n) is 39.1. The van der Waals surface area contributed by atoms with E-state index < -0.39 is 0 Å². The molecule has 6 N–H and O–H groups in total. The van der Waals surface area contributed by atoms with Gasteiger partial charge >= 0.3 is 23.8 Å². The van der Waals surface area contributed by atoms with E-state index in [2.05, 4.69) is 101 Å². The van der Waals surface area contributed by atoms with Crippen LogP contribution in [0.3, 0.4) is 0 Å². The minimum atomic E-state index is 0.518. The van der Waals surface area contributed by atoms with Crippen LogP contribution in [0.5, 0.6) is 0 Å². The predicted octanol–water partition coefficient (Wildman–Crippen LogP) is 4.90. The third-order valence-electron chi connectivity index (χ3n) is 6.51. The van der Waals surface area contributed by atoms with E-state index >= 15 is 0 Å². The second kappa shape index (κ2) is 34.8. The van der Waals surface area contributed by atoms with Gasteiger partial charge in [-0.1, -0.05) is 55.4 Å². The number of H-pyrrole nitrogens is 2. The molecule has 8 aromatic rings. The van der Waals surface area contributed by atoms with Crippen LogP contribution >= 0.6 is 0 Å². The van der Waals surface area contributed by atoms with Crippen molar-refractivity contribution in [2.24, 2.45) is 0 Å². The number of nitrogens with one attached hydrogen (secondary N) is 6. The number of nitrogens with zero attached hydrogens (tertiary/aromatic N) is 18. The van der Waals surface area contributed by atoms with Crippen molar-refractivity contribution >= 4 is 23.8 Å². The summed E-state index contributed by atoms with van der Waals surface area (Å²) in [5, 5.41) is 26.3. The van der Waals surface area contributed by atoms with E-state index in [0.29, 0.717) is 47.6 Å². The van der Waals surface area contributed by atoms with E-state index in [4.69, 9.17) is 0 Å². The molecule has 0 atom stereocenters. The summed E-state index contributed by atoms with van der Waals surface area (Å²) in [4.78, 5) is 48.9. The third-order valence-corrected chi connectivity index (χ3v) is 6.51. The third kappa shape index (κ3) is 18.8. The standard InChI is InChI=1S/4C8H10N6.4C2H6/c2*1-2-9-7-12-6-14(13-7)8-10-4-3-5-11-8;2*1-2-9-7-12-6-13-14(7)8-10-4-3-5-11-8;4*1-2/h2*3-6H,2H2,1H3,(H,9,13);2*3-6H,2H2,1H3,(H,9,12,13);4*1-2H3/p+2. The van der Waals surface area contributed by atoms with E-state index in [9.17, 15) is 0 Å². The molecule has 0 bridgehead atoms. The molecule has 24 nitrogen and oxygen atoms in total. The van der Waals surface area contributed by atoms with Crippen LogP contribution in [0.1, 0.15) is 83.1 Å². The van der Waals surface area contributed by atoms with Crippen LogP contribution in [0.15, 0.2) is 99.1 Å². The molecule has 8 rings (SSSR count). The first-order chi connectivity index (χ1) is 31.6. The number of aromatic amines is 2. The van der Waals surface area contributed by atoms with Gasteiger partial charge < -0.3 is 21.3 Å². The number of anilines is 4. The molecule has 0 fully saturated rings. The summed E-state index contributed by atoms with van der Waals surface area (Å²) in [6.45, 7) is 27.2. The smallest absolute Gasteiger partial charge is 0.353 e. The molecular weight excluding hydrogens is 817 g/mol. The van der Waals surface area contributed by atoms with Gasteiger partial charge in [-0.2, -0.15) is 19.3 Å². The molecule has 0 saturated carbocycles. The molecule has 0 aliphatic rings. The maximum Gasteiger partial charge on any atom is 0.377 e. The highest BCUT2D eigenvalue weighted by Crippen LogP contribution is 2.02. The predicted molar refractivity (Wildman–Crippen MR) is 247 cm³/mol. The highest BCUT2D eigenvalue weighted by Gasteiger charge is 2.15. The van der Waals surface area contributed by atoms with Gasteiger partial charge in [0, 0.05) is 51.0 Å². The Morgan fingerprint density at radius 3 is 1.00 bits per heavy atom. The molecule has 0 radical (unpaired) electrons. The molecule has 0 aliphatic carbocycles. The fourth-order valence-corrected chi connectivity index (χ4v) is 4.23. The van der Waals surface area contributed by atoms with Gasteiger partial charge in [0.25, 0.3) is 11.9 Å². The quantitative estimate of drug-likeness (QED) is 0.0890. The number of hydrogen-bond acceptors (Lipinski definition) is 18. The monoisotopic (exact) mass is 883 g/mol. The van der Waals surface area contributed by atoms with Crippen LogP contribution in [0.4, 0.5) is 23.8 Å². The fraction of sp³-hybridized carbons (Fsp3) is 0.400. The van der Waals surface area contributed by atoms with Crippen LogP contribution in [-0.2, 0) is 0 Å². The Morgan fingerprint density at radius 1 is 0.406 bits per heavy atom.